The molecule has 1 N–H and O–H groups in total. The largest absolute Gasteiger partial charge is 0.493 e. The van der Waals surface area contributed by atoms with Gasteiger partial charge in [-0.2, -0.15) is 0 Å². The predicted molar refractivity (Wildman–Crippen MR) is 103 cm³/mol. The number of rotatable bonds is 9. The quantitative estimate of drug-likeness (QED) is 0.594. The average molecular weight is 348 g/mol. The number of pyridine rings is 1. The first-order valence-electron chi connectivity index (χ1n) is 8.79. The Morgan fingerprint density at radius 1 is 0.885 bits per heavy atom. The highest BCUT2D eigenvalue weighted by molar-refractivity contribution is 5.43. The Hall–Kier alpha value is -2.85. The Morgan fingerprint density at radius 2 is 1.73 bits per heavy atom. The summed E-state index contributed by atoms with van der Waals surface area (Å²) in [5, 5.41) is 3.44. The second kappa shape index (κ2) is 9.59. The van der Waals surface area contributed by atoms with Crippen molar-refractivity contribution in [1.29, 1.82) is 0 Å². The van der Waals surface area contributed by atoms with Crippen LogP contribution in [0.4, 0.5) is 0 Å². The highest BCUT2D eigenvalue weighted by atomic mass is 16.5. The van der Waals surface area contributed by atoms with E-state index >= 15 is 0 Å². The summed E-state index contributed by atoms with van der Waals surface area (Å²) in [6.45, 7) is 2.19. The molecule has 0 saturated carbocycles. The van der Waals surface area contributed by atoms with Crippen molar-refractivity contribution in [3.05, 3.63) is 89.7 Å². The fraction of sp³-hybridized carbons (Fsp3) is 0.227. The summed E-state index contributed by atoms with van der Waals surface area (Å²) in [7, 11) is 1.67. The van der Waals surface area contributed by atoms with E-state index in [0.717, 1.165) is 47.8 Å². The van der Waals surface area contributed by atoms with E-state index in [-0.39, 0.29) is 0 Å². The summed E-state index contributed by atoms with van der Waals surface area (Å²) in [5.74, 6) is 1.51. The van der Waals surface area contributed by atoms with Crippen LogP contribution in [0.3, 0.4) is 0 Å². The summed E-state index contributed by atoms with van der Waals surface area (Å²) in [6, 6.07) is 22.2. The zero-order chi connectivity index (χ0) is 18.0. The molecule has 2 aromatic carbocycles. The number of ether oxygens (including phenoxy) is 2. The summed E-state index contributed by atoms with van der Waals surface area (Å²) in [5.41, 5.74) is 3.40. The lowest BCUT2D eigenvalue weighted by Gasteiger charge is -2.13. The summed E-state index contributed by atoms with van der Waals surface area (Å²) >= 11 is 0. The predicted octanol–water partition coefficient (Wildman–Crippen LogP) is 4.00. The number of hydrogen-bond acceptors (Lipinski definition) is 4. The van der Waals surface area contributed by atoms with Crippen molar-refractivity contribution in [3.8, 4) is 11.5 Å². The molecule has 0 atom stereocenters. The van der Waals surface area contributed by atoms with E-state index in [1.807, 2.05) is 66.9 Å². The van der Waals surface area contributed by atoms with Gasteiger partial charge in [-0.1, -0.05) is 42.5 Å². The summed E-state index contributed by atoms with van der Waals surface area (Å²) in [4.78, 5) is 4.33. The van der Waals surface area contributed by atoms with Gasteiger partial charge in [0, 0.05) is 31.4 Å². The van der Waals surface area contributed by atoms with Gasteiger partial charge in [0.05, 0.1) is 7.11 Å². The van der Waals surface area contributed by atoms with Gasteiger partial charge < -0.3 is 14.8 Å². The highest BCUT2D eigenvalue weighted by Crippen LogP contribution is 2.28. The zero-order valence-electron chi connectivity index (χ0n) is 15.0. The number of benzene rings is 2. The minimum atomic E-state index is 0.527. The van der Waals surface area contributed by atoms with Crippen molar-refractivity contribution in [1.82, 2.24) is 10.3 Å². The van der Waals surface area contributed by atoms with E-state index in [2.05, 4.69) is 16.4 Å². The molecule has 0 amide bonds. The third-order valence-electron chi connectivity index (χ3n) is 4.08. The highest BCUT2D eigenvalue weighted by Gasteiger charge is 2.06. The first kappa shape index (κ1) is 18.0. The van der Waals surface area contributed by atoms with Crippen LogP contribution in [0.25, 0.3) is 0 Å². The minimum absolute atomic E-state index is 0.527. The van der Waals surface area contributed by atoms with Gasteiger partial charge in [-0.05, 0) is 35.4 Å². The zero-order valence-corrected chi connectivity index (χ0v) is 15.0. The molecule has 0 aliphatic heterocycles. The smallest absolute Gasteiger partial charge is 0.161 e. The van der Waals surface area contributed by atoms with E-state index in [1.54, 1.807) is 7.11 Å². The fourth-order valence-electron chi connectivity index (χ4n) is 2.67. The van der Waals surface area contributed by atoms with Crippen LogP contribution in [-0.4, -0.2) is 18.6 Å². The molecule has 0 fully saturated rings. The molecule has 0 saturated heterocycles. The Balaban J connectivity index is 1.51. The van der Waals surface area contributed by atoms with E-state index in [9.17, 15) is 0 Å². The minimum Gasteiger partial charge on any atom is -0.493 e. The van der Waals surface area contributed by atoms with Crippen LogP contribution in [0, 0.1) is 0 Å². The third-order valence-corrected chi connectivity index (χ3v) is 4.08. The van der Waals surface area contributed by atoms with E-state index in [4.69, 9.17) is 9.47 Å². The number of aromatic nitrogens is 1. The standard InChI is InChI=1S/C22H24N2O2/c1-25-22-15-19(16-23-14-12-20-9-5-6-13-24-20)10-11-21(22)26-17-18-7-3-2-4-8-18/h2-11,13,15,23H,12,14,16-17H2,1H3. The van der Waals surface area contributed by atoms with Gasteiger partial charge in [-0.15, -0.1) is 0 Å². The summed E-state index contributed by atoms with van der Waals surface area (Å²) < 4.78 is 11.4. The van der Waals surface area contributed by atoms with Gasteiger partial charge >= 0.3 is 0 Å². The van der Waals surface area contributed by atoms with Crippen LogP contribution in [0.1, 0.15) is 16.8 Å². The topological polar surface area (TPSA) is 43.4 Å². The molecule has 0 aliphatic carbocycles. The Morgan fingerprint density at radius 3 is 2.50 bits per heavy atom. The molecule has 0 bridgehead atoms. The van der Waals surface area contributed by atoms with Crippen LogP contribution >= 0.6 is 0 Å². The molecule has 3 aromatic rings. The molecule has 134 valence electrons. The lowest BCUT2D eigenvalue weighted by atomic mass is 10.2. The van der Waals surface area contributed by atoms with Crippen molar-refractivity contribution in [2.45, 2.75) is 19.6 Å². The molecular weight excluding hydrogens is 324 g/mol. The van der Waals surface area contributed by atoms with Crippen molar-refractivity contribution >= 4 is 0 Å². The maximum Gasteiger partial charge on any atom is 0.161 e. The molecule has 0 unspecified atom stereocenters. The van der Waals surface area contributed by atoms with Crippen LogP contribution in [0.2, 0.25) is 0 Å². The number of hydrogen-bond donors (Lipinski definition) is 1. The molecule has 26 heavy (non-hydrogen) atoms. The maximum atomic E-state index is 5.90. The van der Waals surface area contributed by atoms with Gasteiger partial charge in [0.15, 0.2) is 11.5 Å². The molecule has 4 heteroatoms. The number of nitrogens with one attached hydrogen (secondary N) is 1. The fourth-order valence-corrected chi connectivity index (χ4v) is 2.67. The SMILES string of the molecule is COc1cc(CNCCc2ccccn2)ccc1OCc1ccccc1. The van der Waals surface area contributed by atoms with E-state index in [0.29, 0.717) is 6.61 Å². The monoisotopic (exact) mass is 348 g/mol. The van der Waals surface area contributed by atoms with Crippen LogP contribution in [0.15, 0.2) is 72.9 Å². The van der Waals surface area contributed by atoms with Crippen LogP contribution in [-0.2, 0) is 19.6 Å². The van der Waals surface area contributed by atoms with E-state index in [1.165, 1.54) is 0 Å². The number of methoxy groups -OCH3 is 1. The molecule has 3 rings (SSSR count). The van der Waals surface area contributed by atoms with Crippen molar-refractivity contribution < 1.29 is 9.47 Å². The molecule has 1 aromatic heterocycles. The molecule has 0 aliphatic rings. The maximum absolute atomic E-state index is 5.90. The summed E-state index contributed by atoms with van der Waals surface area (Å²) in [6.07, 6.45) is 2.74. The Labute approximate surface area is 154 Å². The average Bonchev–Trinajstić information content (AvgIpc) is 2.71. The van der Waals surface area contributed by atoms with Crippen molar-refractivity contribution in [2.24, 2.45) is 0 Å². The lowest BCUT2D eigenvalue weighted by molar-refractivity contribution is 0.284. The lowest BCUT2D eigenvalue weighted by Crippen LogP contribution is -2.17. The van der Waals surface area contributed by atoms with Crippen LogP contribution < -0.4 is 14.8 Å². The molecule has 4 nitrogen and oxygen atoms in total. The second-order valence-corrected chi connectivity index (χ2v) is 6.01. The third kappa shape index (κ3) is 5.33. The molecule has 1 heterocycles. The van der Waals surface area contributed by atoms with Crippen LogP contribution in [0.5, 0.6) is 11.5 Å². The molecule has 0 radical (unpaired) electrons. The molecular formula is C22H24N2O2. The van der Waals surface area contributed by atoms with Gasteiger partial charge in [0.2, 0.25) is 0 Å². The Bertz CT molecular complexity index is 792. The molecule has 0 spiro atoms. The van der Waals surface area contributed by atoms with Crippen molar-refractivity contribution in [3.63, 3.8) is 0 Å². The van der Waals surface area contributed by atoms with Gasteiger partial charge in [0.25, 0.3) is 0 Å². The first-order valence-corrected chi connectivity index (χ1v) is 8.79. The normalized spacial score (nSPS) is 10.5. The second-order valence-electron chi connectivity index (χ2n) is 6.01. The van der Waals surface area contributed by atoms with Gasteiger partial charge in [-0.3, -0.25) is 4.98 Å². The first-order chi connectivity index (χ1) is 12.8. The Kier molecular flexibility index (Phi) is 6.62. The van der Waals surface area contributed by atoms with Gasteiger partial charge in [0.1, 0.15) is 6.61 Å². The van der Waals surface area contributed by atoms with Gasteiger partial charge in [-0.25, -0.2) is 0 Å². The van der Waals surface area contributed by atoms with Crippen molar-refractivity contribution in [2.75, 3.05) is 13.7 Å². The number of nitrogens with zero attached hydrogens (tertiary/aromatic N) is 1. The van der Waals surface area contributed by atoms with E-state index < -0.39 is 0 Å².